The molecule has 3 heteroatoms. The van der Waals surface area contributed by atoms with Gasteiger partial charge in [0.2, 0.25) is 0 Å². The Bertz CT molecular complexity index is 127. The monoisotopic (exact) mass is 160 g/mol. The standard InChI is InChI=1S/C8H16O3/c1-4-8(2)10-6-7(11-8)5-9-3/h7H,4-6H2,1-3H3. The molecule has 2 unspecified atom stereocenters. The first-order valence-corrected chi connectivity index (χ1v) is 4.01. The molecule has 0 bridgehead atoms. The predicted molar refractivity (Wildman–Crippen MR) is 41.4 cm³/mol. The van der Waals surface area contributed by atoms with E-state index in [9.17, 15) is 0 Å². The summed E-state index contributed by atoms with van der Waals surface area (Å²) in [5.74, 6) is -0.372. The Hall–Kier alpha value is -0.120. The van der Waals surface area contributed by atoms with Crippen LogP contribution in [0.15, 0.2) is 0 Å². The lowest BCUT2D eigenvalue weighted by Gasteiger charge is -2.20. The van der Waals surface area contributed by atoms with E-state index < -0.39 is 0 Å². The summed E-state index contributed by atoms with van der Waals surface area (Å²) in [7, 11) is 1.67. The SMILES string of the molecule is CCC1(C)OCC(COC)O1. The maximum absolute atomic E-state index is 5.59. The van der Waals surface area contributed by atoms with E-state index in [0.29, 0.717) is 13.2 Å². The van der Waals surface area contributed by atoms with E-state index in [1.807, 2.05) is 6.92 Å². The summed E-state index contributed by atoms with van der Waals surface area (Å²) in [4.78, 5) is 0. The van der Waals surface area contributed by atoms with Gasteiger partial charge in [0.1, 0.15) is 6.10 Å². The molecule has 0 aromatic heterocycles. The Kier molecular flexibility index (Phi) is 2.87. The van der Waals surface area contributed by atoms with Crippen molar-refractivity contribution >= 4 is 0 Å². The van der Waals surface area contributed by atoms with Crippen LogP contribution in [0, 0.1) is 0 Å². The highest BCUT2D eigenvalue weighted by molar-refractivity contribution is 4.72. The van der Waals surface area contributed by atoms with Gasteiger partial charge in [0.05, 0.1) is 13.2 Å². The van der Waals surface area contributed by atoms with Crippen molar-refractivity contribution in [3.8, 4) is 0 Å². The molecule has 1 fully saturated rings. The maximum atomic E-state index is 5.59. The Morgan fingerprint density at radius 1 is 1.64 bits per heavy atom. The van der Waals surface area contributed by atoms with Gasteiger partial charge in [-0.3, -0.25) is 0 Å². The zero-order chi connectivity index (χ0) is 8.32. The van der Waals surface area contributed by atoms with Crippen LogP contribution < -0.4 is 0 Å². The van der Waals surface area contributed by atoms with Crippen LogP contribution in [-0.2, 0) is 14.2 Å². The smallest absolute Gasteiger partial charge is 0.165 e. The average molecular weight is 160 g/mol. The van der Waals surface area contributed by atoms with Crippen LogP contribution in [-0.4, -0.2) is 32.2 Å². The lowest BCUT2D eigenvalue weighted by molar-refractivity contribution is -0.159. The third-order valence-electron chi connectivity index (χ3n) is 1.99. The lowest BCUT2D eigenvalue weighted by Crippen LogP contribution is -2.26. The Morgan fingerprint density at radius 3 is 2.82 bits per heavy atom. The second-order valence-corrected chi connectivity index (χ2v) is 2.99. The minimum Gasteiger partial charge on any atom is -0.382 e. The zero-order valence-electron chi connectivity index (χ0n) is 7.42. The molecular weight excluding hydrogens is 144 g/mol. The number of ether oxygens (including phenoxy) is 3. The second kappa shape index (κ2) is 3.52. The number of hydrogen-bond acceptors (Lipinski definition) is 3. The third kappa shape index (κ3) is 2.15. The van der Waals surface area contributed by atoms with Crippen molar-refractivity contribution in [3.05, 3.63) is 0 Å². The van der Waals surface area contributed by atoms with Crippen LogP contribution in [0.25, 0.3) is 0 Å². The average Bonchev–Trinajstić information content (AvgIpc) is 2.35. The maximum Gasteiger partial charge on any atom is 0.165 e. The van der Waals surface area contributed by atoms with E-state index in [4.69, 9.17) is 14.2 Å². The first-order chi connectivity index (χ1) is 5.20. The van der Waals surface area contributed by atoms with Crippen LogP contribution in [0.3, 0.4) is 0 Å². The molecule has 1 heterocycles. The van der Waals surface area contributed by atoms with E-state index in [-0.39, 0.29) is 11.9 Å². The van der Waals surface area contributed by atoms with Crippen LogP contribution in [0.1, 0.15) is 20.3 Å². The highest BCUT2D eigenvalue weighted by Crippen LogP contribution is 2.25. The molecule has 0 amide bonds. The topological polar surface area (TPSA) is 27.7 Å². The normalized spacial score (nSPS) is 37.9. The van der Waals surface area contributed by atoms with Crippen LogP contribution >= 0.6 is 0 Å². The molecule has 0 radical (unpaired) electrons. The van der Waals surface area contributed by atoms with Gasteiger partial charge in [-0.25, -0.2) is 0 Å². The highest BCUT2D eigenvalue weighted by atomic mass is 16.7. The number of hydrogen-bond donors (Lipinski definition) is 0. The van der Waals surface area contributed by atoms with Gasteiger partial charge in [0.15, 0.2) is 5.79 Å². The van der Waals surface area contributed by atoms with Gasteiger partial charge in [0, 0.05) is 7.11 Å². The van der Waals surface area contributed by atoms with Gasteiger partial charge < -0.3 is 14.2 Å². The van der Waals surface area contributed by atoms with Gasteiger partial charge in [0.25, 0.3) is 0 Å². The first kappa shape index (κ1) is 8.97. The molecule has 1 rings (SSSR count). The van der Waals surface area contributed by atoms with Crippen molar-refractivity contribution in [1.29, 1.82) is 0 Å². The molecule has 0 aromatic carbocycles. The van der Waals surface area contributed by atoms with Crippen LogP contribution in [0.4, 0.5) is 0 Å². The van der Waals surface area contributed by atoms with Crippen LogP contribution in [0.2, 0.25) is 0 Å². The highest BCUT2D eigenvalue weighted by Gasteiger charge is 2.35. The van der Waals surface area contributed by atoms with Gasteiger partial charge in [-0.05, 0) is 13.3 Å². The van der Waals surface area contributed by atoms with E-state index in [0.717, 1.165) is 6.42 Å². The number of methoxy groups -OCH3 is 1. The van der Waals surface area contributed by atoms with Crippen molar-refractivity contribution in [1.82, 2.24) is 0 Å². The third-order valence-corrected chi connectivity index (χ3v) is 1.99. The molecule has 0 aliphatic carbocycles. The molecule has 0 spiro atoms. The van der Waals surface area contributed by atoms with E-state index in [1.54, 1.807) is 7.11 Å². The molecule has 0 aromatic rings. The zero-order valence-corrected chi connectivity index (χ0v) is 7.42. The van der Waals surface area contributed by atoms with Crippen molar-refractivity contribution in [2.75, 3.05) is 20.3 Å². The molecular formula is C8H16O3. The van der Waals surface area contributed by atoms with E-state index in [2.05, 4.69) is 6.92 Å². The largest absolute Gasteiger partial charge is 0.382 e. The van der Waals surface area contributed by atoms with Gasteiger partial charge in [-0.15, -0.1) is 0 Å². The molecule has 1 aliphatic heterocycles. The summed E-state index contributed by atoms with van der Waals surface area (Å²) in [6.07, 6.45) is 0.998. The fraction of sp³-hybridized carbons (Fsp3) is 1.00. The van der Waals surface area contributed by atoms with Gasteiger partial charge in [-0.2, -0.15) is 0 Å². The first-order valence-electron chi connectivity index (χ1n) is 4.01. The molecule has 0 saturated carbocycles. The summed E-state index contributed by atoms with van der Waals surface area (Å²) < 4.78 is 16.0. The fourth-order valence-electron chi connectivity index (χ4n) is 1.14. The Labute approximate surface area is 67.6 Å². The lowest BCUT2D eigenvalue weighted by atomic mass is 10.2. The molecule has 1 saturated heterocycles. The van der Waals surface area contributed by atoms with Gasteiger partial charge in [-0.1, -0.05) is 6.92 Å². The quantitative estimate of drug-likeness (QED) is 0.620. The second-order valence-electron chi connectivity index (χ2n) is 2.99. The van der Waals surface area contributed by atoms with Crippen molar-refractivity contribution in [2.45, 2.75) is 32.2 Å². The summed E-state index contributed by atoms with van der Waals surface area (Å²) >= 11 is 0. The van der Waals surface area contributed by atoms with Crippen molar-refractivity contribution in [2.24, 2.45) is 0 Å². The molecule has 3 nitrogen and oxygen atoms in total. The predicted octanol–water partition coefficient (Wildman–Crippen LogP) is 1.17. The molecule has 66 valence electrons. The Balaban J connectivity index is 2.33. The summed E-state index contributed by atoms with van der Waals surface area (Å²) in [6, 6.07) is 0. The minimum atomic E-state index is -0.372. The van der Waals surface area contributed by atoms with Crippen molar-refractivity contribution in [3.63, 3.8) is 0 Å². The van der Waals surface area contributed by atoms with E-state index >= 15 is 0 Å². The molecule has 1 aliphatic rings. The van der Waals surface area contributed by atoms with E-state index in [1.165, 1.54) is 0 Å². The molecule has 2 atom stereocenters. The number of rotatable bonds is 3. The summed E-state index contributed by atoms with van der Waals surface area (Å²) in [6.45, 7) is 5.28. The van der Waals surface area contributed by atoms with Crippen LogP contribution in [0.5, 0.6) is 0 Å². The summed E-state index contributed by atoms with van der Waals surface area (Å²) in [5, 5.41) is 0. The molecule has 0 N–H and O–H groups in total. The minimum absolute atomic E-state index is 0.116. The van der Waals surface area contributed by atoms with Gasteiger partial charge >= 0.3 is 0 Å². The Morgan fingerprint density at radius 2 is 2.36 bits per heavy atom. The molecule has 11 heavy (non-hydrogen) atoms. The fourth-order valence-corrected chi connectivity index (χ4v) is 1.14. The summed E-state index contributed by atoms with van der Waals surface area (Å²) in [5.41, 5.74) is 0. The van der Waals surface area contributed by atoms with Crippen molar-refractivity contribution < 1.29 is 14.2 Å².